The van der Waals surface area contributed by atoms with Crippen LogP contribution in [-0.4, -0.2) is 22.6 Å². The summed E-state index contributed by atoms with van der Waals surface area (Å²) in [6.45, 7) is 13.4. The molecular weight excluding hydrogens is 350 g/mol. The van der Waals surface area contributed by atoms with E-state index in [4.69, 9.17) is 5.73 Å². The topological polar surface area (TPSA) is 106 Å². The lowest BCUT2D eigenvalue weighted by atomic mass is 10.1. The highest BCUT2D eigenvalue weighted by Crippen LogP contribution is 2.31. The number of allylic oxidation sites excluding steroid dienone is 1. The lowest BCUT2D eigenvalue weighted by molar-refractivity contribution is -0.383. The van der Waals surface area contributed by atoms with Gasteiger partial charge in [0.15, 0.2) is 5.17 Å². The summed E-state index contributed by atoms with van der Waals surface area (Å²) in [7, 11) is 0. The normalized spacial score (nSPS) is 11.8. The van der Waals surface area contributed by atoms with Gasteiger partial charge in [0.1, 0.15) is 5.69 Å². The van der Waals surface area contributed by atoms with E-state index in [-0.39, 0.29) is 11.4 Å². The van der Waals surface area contributed by atoms with E-state index in [2.05, 4.69) is 21.9 Å². The first-order chi connectivity index (χ1) is 12.3. The van der Waals surface area contributed by atoms with Crippen LogP contribution in [0.3, 0.4) is 0 Å². The maximum atomic E-state index is 11.0. The summed E-state index contributed by atoms with van der Waals surface area (Å²) >= 11 is 1.37. The number of hydrogen-bond donors (Lipinski definition) is 2. The van der Waals surface area contributed by atoms with Crippen molar-refractivity contribution in [3.8, 4) is 0 Å². The van der Waals surface area contributed by atoms with Crippen LogP contribution in [0.15, 0.2) is 46.2 Å². The molecule has 0 saturated heterocycles. The molecule has 7 nitrogen and oxygen atoms in total. The number of nitro groups is 1. The molecule has 0 amide bonds. The number of nitrogen functional groups attached to an aromatic ring is 1. The fraction of sp³-hybridized carbons (Fsp3) is 0.333. The van der Waals surface area contributed by atoms with Crippen molar-refractivity contribution in [1.29, 1.82) is 0 Å². The Hall–Kier alpha value is -2.61. The number of hydrogen-bond acceptors (Lipinski definition) is 6. The van der Waals surface area contributed by atoms with Crippen LogP contribution >= 0.6 is 11.8 Å². The second-order valence-electron chi connectivity index (χ2n) is 4.90. The first-order valence-electron chi connectivity index (χ1n) is 8.08. The number of nitrogens with one attached hydrogen (secondary N) is 1. The molecule has 1 aromatic carbocycles. The van der Waals surface area contributed by atoms with E-state index in [0.717, 1.165) is 11.1 Å². The van der Waals surface area contributed by atoms with Crippen molar-refractivity contribution >= 4 is 40.2 Å². The highest BCUT2D eigenvalue weighted by atomic mass is 32.2. The minimum absolute atomic E-state index is 0.121. The van der Waals surface area contributed by atoms with Gasteiger partial charge in [0, 0.05) is 24.2 Å². The Morgan fingerprint density at radius 3 is 2.54 bits per heavy atom. The van der Waals surface area contributed by atoms with Crippen LogP contribution in [0.4, 0.5) is 17.1 Å². The summed E-state index contributed by atoms with van der Waals surface area (Å²) in [4.78, 5) is 19.0. The first-order valence-corrected chi connectivity index (χ1v) is 9.30. The van der Waals surface area contributed by atoms with Crippen LogP contribution in [0.2, 0.25) is 0 Å². The van der Waals surface area contributed by atoms with Gasteiger partial charge in [-0.1, -0.05) is 32.2 Å². The van der Waals surface area contributed by atoms with Gasteiger partial charge in [-0.2, -0.15) is 0 Å². The Morgan fingerprint density at radius 1 is 1.42 bits per heavy atom. The van der Waals surface area contributed by atoms with Gasteiger partial charge in [-0.15, -0.1) is 0 Å². The number of nitrogens with zero attached hydrogens (tertiary/aromatic N) is 3. The smallest absolute Gasteiger partial charge is 0.294 e. The number of benzene rings is 1. The van der Waals surface area contributed by atoms with E-state index in [9.17, 15) is 10.1 Å². The second kappa shape index (κ2) is 11.9. The molecule has 142 valence electrons. The fourth-order valence-corrected chi connectivity index (χ4v) is 2.13. The summed E-state index contributed by atoms with van der Waals surface area (Å²) in [6, 6.07) is 2.92. The number of aliphatic imine (C=N–C) groups is 2. The van der Waals surface area contributed by atoms with E-state index >= 15 is 0 Å². The third-order valence-electron chi connectivity index (χ3n) is 3.11. The van der Waals surface area contributed by atoms with E-state index in [1.807, 2.05) is 34.0 Å². The van der Waals surface area contributed by atoms with Crippen molar-refractivity contribution in [2.24, 2.45) is 9.98 Å². The fourth-order valence-electron chi connectivity index (χ4n) is 1.71. The monoisotopic (exact) mass is 377 g/mol. The van der Waals surface area contributed by atoms with Crippen LogP contribution < -0.4 is 11.1 Å². The summed E-state index contributed by atoms with van der Waals surface area (Å²) in [5, 5.41) is 14.7. The highest BCUT2D eigenvalue weighted by Gasteiger charge is 2.15. The molecule has 0 aliphatic carbocycles. The second-order valence-corrected chi connectivity index (χ2v) is 5.69. The Kier molecular flexibility index (Phi) is 10.7. The minimum Gasteiger partial charge on any atom is -0.393 e. The molecule has 0 bridgehead atoms. The molecule has 0 saturated carbocycles. The molecule has 0 heterocycles. The number of nitrogens with two attached hydrogens (primary N) is 1. The molecular formula is C18H27N5O2S. The lowest BCUT2D eigenvalue weighted by Crippen LogP contribution is -2.19. The van der Waals surface area contributed by atoms with Gasteiger partial charge >= 0.3 is 0 Å². The zero-order valence-electron chi connectivity index (χ0n) is 16.2. The SMILES string of the molecule is C=C(NC(=Nc1cc([N+](=O)[O-])c(N)cc1C)SC)/C(C)=C/N=CC.CC. The van der Waals surface area contributed by atoms with Crippen molar-refractivity contribution in [1.82, 2.24) is 5.32 Å². The Balaban J connectivity index is 0.00000301. The summed E-state index contributed by atoms with van der Waals surface area (Å²) in [5.74, 6) is 0. The molecule has 26 heavy (non-hydrogen) atoms. The molecule has 8 heteroatoms. The summed E-state index contributed by atoms with van der Waals surface area (Å²) in [6.07, 6.45) is 5.22. The Bertz CT molecular complexity index is 739. The number of nitro benzene ring substituents is 1. The highest BCUT2D eigenvalue weighted by molar-refractivity contribution is 8.13. The largest absolute Gasteiger partial charge is 0.393 e. The molecule has 0 radical (unpaired) electrons. The van der Waals surface area contributed by atoms with E-state index in [0.29, 0.717) is 16.6 Å². The van der Waals surface area contributed by atoms with E-state index < -0.39 is 4.92 Å². The van der Waals surface area contributed by atoms with Gasteiger partial charge in [-0.25, -0.2) is 4.99 Å². The van der Waals surface area contributed by atoms with Crippen LogP contribution in [0.25, 0.3) is 0 Å². The molecule has 0 spiro atoms. The average molecular weight is 378 g/mol. The standard InChI is InChI=1S/C16H21N5O2S.C2H6/c1-6-18-9-11(3)12(4)19-16(24-5)20-14-8-15(21(22)23)13(17)7-10(14)2;1-2/h6-9H,4,17H2,1-3,5H3,(H,19,20);1-2H3/b11-9+,18-6?;. The van der Waals surface area contributed by atoms with Gasteiger partial charge in [0.05, 0.1) is 10.6 Å². The van der Waals surface area contributed by atoms with E-state index in [1.165, 1.54) is 17.8 Å². The first kappa shape index (κ1) is 23.4. The molecule has 0 atom stereocenters. The van der Waals surface area contributed by atoms with Crippen molar-refractivity contribution in [3.63, 3.8) is 0 Å². The summed E-state index contributed by atoms with van der Waals surface area (Å²) < 4.78 is 0. The molecule has 0 unspecified atom stereocenters. The average Bonchev–Trinajstić information content (AvgIpc) is 2.62. The van der Waals surface area contributed by atoms with Crippen molar-refractivity contribution in [2.75, 3.05) is 12.0 Å². The van der Waals surface area contributed by atoms with E-state index in [1.54, 1.807) is 25.4 Å². The number of thioether (sulfide) groups is 1. The minimum atomic E-state index is -0.519. The predicted molar refractivity (Wildman–Crippen MR) is 114 cm³/mol. The van der Waals surface area contributed by atoms with Crippen LogP contribution in [-0.2, 0) is 0 Å². The van der Waals surface area contributed by atoms with Crippen LogP contribution in [0.1, 0.15) is 33.3 Å². The Labute approximate surface area is 159 Å². The maximum Gasteiger partial charge on any atom is 0.294 e. The summed E-state index contributed by atoms with van der Waals surface area (Å²) in [5.41, 5.74) is 8.37. The van der Waals surface area contributed by atoms with Gasteiger partial charge < -0.3 is 11.1 Å². The Morgan fingerprint density at radius 2 is 2.04 bits per heavy atom. The quantitative estimate of drug-likeness (QED) is 0.188. The molecule has 0 aliphatic rings. The third-order valence-corrected chi connectivity index (χ3v) is 3.69. The number of rotatable bonds is 5. The van der Waals surface area contributed by atoms with Crippen LogP contribution in [0, 0.1) is 17.0 Å². The van der Waals surface area contributed by atoms with Gasteiger partial charge in [-0.3, -0.25) is 15.1 Å². The lowest BCUT2D eigenvalue weighted by Gasteiger charge is -2.11. The zero-order chi connectivity index (χ0) is 20.3. The third kappa shape index (κ3) is 7.10. The molecule has 1 aromatic rings. The van der Waals surface area contributed by atoms with Crippen LogP contribution in [0.5, 0.6) is 0 Å². The van der Waals surface area contributed by atoms with Gasteiger partial charge in [0.25, 0.3) is 5.69 Å². The zero-order valence-corrected chi connectivity index (χ0v) is 17.0. The molecule has 1 rings (SSSR count). The van der Waals surface area contributed by atoms with Crippen molar-refractivity contribution < 1.29 is 4.92 Å². The van der Waals surface area contributed by atoms with Gasteiger partial charge in [-0.05, 0) is 44.2 Å². The predicted octanol–water partition coefficient (Wildman–Crippen LogP) is 4.96. The van der Waals surface area contributed by atoms with Gasteiger partial charge in [0.2, 0.25) is 0 Å². The molecule has 3 N–H and O–H groups in total. The maximum absolute atomic E-state index is 11.0. The van der Waals surface area contributed by atoms with Crippen molar-refractivity contribution in [2.45, 2.75) is 34.6 Å². The number of amidine groups is 1. The van der Waals surface area contributed by atoms with Crippen molar-refractivity contribution in [3.05, 3.63) is 51.9 Å². The molecule has 0 fully saturated rings. The number of anilines is 1. The molecule has 0 aromatic heterocycles. The molecule has 0 aliphatic heterocycles. The number of aryl methyl sites for hydroxylation is 1.